The highest BCUT2D eigenvalue weighted by molar-refractivity contribution is 7.09. The van der Waals surface area contributed by atoms with E-state index >= 15 is 0 Å². The van der Waals surface area contributed by atoms with Crippen molar-refractivity contribution in [2.45, 2.75) is 97.8 Å². The van der Waals surface area contributed by atoms with Crippen LogP contribution in [-0.4, -0.2) is 46.8 Å². The highest BCUT2D eigenvalue weighted by Gasteiger charge is 2.30. The predicted molar refractivity (Wildman–Crippen MR) is 153 cm³/mol. The first kappa shape index (κ1) is 31.3. The highest BCUT2D eigenvalue weighted by Crippen LogP contribution is 2.30. The molecule has 2 amide bonds. The van der Waals surface area contributed by atoms with E-state index in [-0.39, 0.29) is 29.8 Å². The second-order valence-corrected chi connectivity index (χ2v) is 11.1. The summed E-state index contributed by atoms with van der Waals surface area (Å²) in [4.78, 5) is 44.1. The summed E-state index contributed by atoms with van der Waals surface area (Å²) in [5.41, 5.74) is 7.91. The summed E-state index contributed by atoms with van der Waals surface area (Å²) in [5.74, 6) is -0.454. The van der Waals surface area contributed by atoms with Crippen LogP contribution in [0.25, 0.3) is 0 Å². The Balaban J connectivity index is 2.17. The zero-order valence-electron chi connectivity index (χ0n) is 23.7. The third-order valence-electron chi connectivity index (χ3n) is 6.63. The van der Waals surface area contributed by atoms with Gasteiger partial charge in [0.15, 0.2) is 6.10 Å². The molecule has 1 aromatic heterocycles. The average molecular weight is 545 g/mol. The van der Waals surface area contributed by atoms with Gasteiger partial charge < -0.3 is 20.7 Å². The van der Waals surface area contributed by atoms with E-state index in [0.717, 1.165) is 31.2 Å². The van der Waals surface area contributed by atoms with Gasteiger partial charge in [0.25, 0.3) is 5.91 Å². The van der Waals surface area contributed by atoms with Crippen LogP contribution in [-0.2, 0) is 20.7 Å². The van der Waals surface area contributed by atoms with E-state index in [9.17, 15) is 14.4 Å². The van der Waals surface area contributed by atoms with Gasteiger partial charge in [0.1, 0.15) is 10.7 Å². The van der Waals surface area contributed by atoms with E-state index in [4.69, 9.17) is 10.5 Å². The largest absolute Gasteiger partial charge is 0.455 e. The molecule has 0 saturated heterocycles. The molecule has 38 heavy (non-hydrogen) atoms. The molecule has 3 atom stereocenters. The number of esters is 1. The van der Waals surface area contributed by atoms with Crippen molar-refractivity contribution < 1.29 is 19.1 Å². The summed E-state index contributed by atoms with van der Waals surface area (Å²) in [7, 11) is 1.81. The molecule has 0 aliphatic rings. The molecule has 0 saturated carbocycles. The van der Waals surface area contributed by atoms with Gasteiger partial charge in [-0.1, -0.05) is 52.7 Å². The fraction of sp³-hybridized carbons (Fsp3) is 0.586. The van der Waals surface area contributed by atoms with E-state index in [1.54, 1.807) is 10.3 Å². The normalized spacial score (nSPS) is 13.6. The number of nitrogen functional groups attached to an aromatic ring is 1. The third kappa shape index (κ3) is 9.74. The first-order chi connectivity index (χ1) is 18.0. The van der Waals surface area contributed by atoms with Crippen LogP contribution in [0.4, 0.5) is 5.69 Å². The lowest BCUT2D eigenvalue weighted by Gasteiger charge is -2.33. The first-order valence-corrected chi connectivity index (χ1v) is 14.5. The fourth-order valence-corrected chi connectivity index (χ4v) is 5.34. The van der Waals surface area contributed by atoms with E-state index in [0.29, 0.717) is 35.7 Å². The van der Waals surface area contributed by atoms with Crippen LogP contribution in [0.3, 0.4) is 0 Å². The Morgan fingerprint density at radius 3 is 2.39 bits per heavy atom. The average Bonchev–Trinajstić information content (AvgIpc) is 3.36. The monoisotopic (exact) mass is 544 g/mol. The number of amides is 2. The van der Waals surface area contributed by atoms with Crippen LogP contribution >= 0.6 is 11.3 Å². The molecule has 8 nitrogen and oxygen atoms in total. The van der Waals surface area contributed by atoms with Crippen LogP contribution in [0, 0.1) is 5.92 Å². The molecule has 210 valence electrons. The second-order valence-electron chi connectivity index (χ2n) is 10.2. The maximum absolute atomic E-state index is 13.1. The number of hydrogen-bond donors (Lipinski definition) is 2. The van der Waals surface area contributed by atoms with Gasteiger partial charge >= 0.3 is 5.97 Å². The van der Waals surface area contributed by atoms with Gasteiger partial charge in [0, 0.05) is 50.0 Å². The lowest BCUT2D eigenvalue weighted by molar-refractivity contribution is -0.148. The van der Waals surface area contributed by atoms with Crippen LogP contribution in [0.2, 0.25) is 0 Å². The van der Waals surface area contributed by atoms with Gasteiger partial charge in [-0.2, -0.15) is 0 Å². The van der Waals surface area contributed by atoms with Crippen LogP contribution < -0.4 is 11.1 Å². The smallest absolute Gasteiger partial charge is 0.303 e. The van der Waals surface area contributed by atoms with Gasteiger partial charge in [-0.25, -0.2) is 4.98 Å². The van der Waals surface area contributed by atoms with Crippen molar-refractivity contribution in [1.29, 1.82) is 0 Å². The minimum Gasteiger partial charge on any atom is -0.455 e. The van der Waals surface area contributed by atoms with Gasteiger partial charge in [-0.3, -0.25) is 14.4 Å². The van der Waals surface area contributed by atoms with Crippen LogP contribution in [0.5, 0.6) is 0 Å². The summed E-state index contributed by atoms with van der Waals surface area (Å²) >= 11 is 1.30. The minimum absolute atomic E-state index is 0.0429. The Labute approximate surface area is 231 Å². The second kappa shape index (κ2) is 15.5. The van der Waals surface area contributed by atoms with Crippen molar-refractivity contribution in [1.82, 2.24) is 15.2 Å². The van der Waals surface area contributed by atoms with E-state index < -0.39 is 12.1 Å². The van der Waals surface area contributed by atoms with Gasteiger partial charge in [-0.05, 0) is 42.9 Å². The van der Waals surface area contributed by atoms with Gasteiger partial charge in [0.2, 0.25) is 5.91 Å². The fourth-order valence-electron chi connectivity index (χ4n) is 4.50. The lowest BCUT2D eigenvalue weighted by atomic mass is 9.96. The predicted octanol–water partition coefficient (Wildman–Crippen LogP) is 5.53. The zero-order chi connectivity index (χ0) is 28.2. The number of nitrogens with zero attached hydrogens (tertiary/aromatic N) is 2. The molecule has 0 aliphatic carbocycles. The standard InChI is InChI=1S/C29H44N4O4S/c1-7-9-11-27(35)33(6)25(19(3)4)17-26(37-20(5)34)29-32-24(18-38-29)28(36)31-23(10-8-2)16-21-12-14-22(30)15-13-21/h12-15,18-19,23,25-26H,7-11,16-17,30H2,1-6H3,(H,31,36)/t23-,25?,26?/m1/s1. The maximum Gasteiger partial charge on any atom is 0.303 e. The maximum atomic E-state index is 13.1. The number of anilines is 1. The molecule has 3 N–H and O–H groups in total. The molecule has 1 heterocycles. The number of aromatic nitrogens is 1. The number of thiazole rings is 1. The van der Waals surface area contributed by atoms with Crippen molar-refractivity contribution in [3.63, 3.8) is 0 Å². The van der Waals surface area contributed by atoms with Crippen molar-refractivity contribution >= 4 is 34.8 Å². The quantitative estimate of drug-likeness (QED) is 0.225. The lowest BCUT2D eigenvalue weighted by Crippen LogP contribution is -2.41. The Bertz CT molecular complexity index is 1040. The SMILES string of the molecule is CCCCC(=O)N(C)C(CC(OC(C)=O)c1nc(C(=O)N[C@H](CCC)Cc2ccc(N)cc2)cs1)C(C)C. The van der Waals surface area contributed by atoms with Crippen molar-refractivity contribution in [2.24, 2.45) is 5.92 Å². The Hall–Kier alpha value is -2.94. The zero-order valence-corrected chi connectivity index (χ0v) is 24.5. The number of hydrogen-bond acceptors (Lipinski definition) is 7. The molecule has 2 aromatic rings. The molecule has 9 heteroatoms. The summed E-state index contributed by atoms with van der Waals surface area (Å²) in [6, 6.07) is 7.49. The molecule has 1 aromatic carbocycles. The molecule has 0 radical (unpaired) electrons. The first-order valence-electron chi connectivity index (χ1n) is 13.6. The number of unbranched alkanes of at least 4 members (excludes halogenated alkanes) is 1. The summed E-state index contributed by atoms with van der Waals surface area (Å²) < 4.78 is 5.66. The number of nitrogens with one attached hydrogen (secondary N) is 1. The molecule has 0 spiro atoms. The Kier molecular flexibility index (Phi) is 12.7. The summed E-state index contributed by atoms with van der Waals surface area (Å²) in [6.07, 6.45) is 4.50. The number of nitrogens with two attached hydrogens (primary N) is 1. The molecule has 2 unspecified atom stereocenters. The highest BCUT2D eigenvalue weighted by atomic mass is 32.1. The number of rotatable bonds is 15. The van der Waals surface area contributed by atoms with Crippen molar-refractivity contribution in [2.75, 3.05) is 12.8 Å². The van der Waals surface area contributed by atoms with Crippen molar-refractivity contribution in [3.05, 3.63) is 45.9 Å². The molecular weight excluding hydrogens is 500 g/mol. The Morgan fingerprint density at radius 2 is 1.82 bits per heavy atom. The number of ether oxygens (including phenoxy) is 1. The number of benzene rings is 1. The number of carbonyl (C=O) groups excluding carboxylic acids is 3. The molecule has 0 bridgehead atoms. The van der Waals surface area contributed by atoms with Crippen molar-refractivity contribution in [3.8, 4) is 0 Å². The minimum atomic E-state index is -0.644. The van der Waals surface area contributed by atoms with Gasteiger partial charge in [0.05, 0.1) is 0 Å². The van der Waals surface area contributed by atoms with Gasteiger partial charge in [-0.15, -0.1) is 11.3 Å². The van der Waals surface area contributed by atoms with E-state index in [2.05, 4.69) is 38.0 Å². The van der Waals surface area contributed by atoms with Crippen LogP contribution in [0.1, 0.15) is 100 Å². The van der Waals surface area contributed by atoms with Crippen LogP contribution in [0.15, 0.2) is 29.6 Å². The van der Waals surface area contributed by atoms with E-state index in [1.165, 1.54) is 18.3 Å². The summed E-state index contributed by atoms with van der Waals surface area (Å²) in [5, 5.41) is 5.37. The molecule has 0 aliphatic heterocycles. The molecule has 0 fully saturated rings. The topological polar surface area (TPSA) is 115 Å². The summed E-state index contributed by atoms with van der Waals surface area (Å²) in [6.45, 7) is 9.61. The Morgan fingerprint density at radius 1 is 1.13 bits per heavy atom. The molecule has 2 rings (SSSR count). The molecular formula is C29H44N4O4S. The number of carbonyl (C=O) groups is 3. The van der Waals surface area contributed by atoms with E-state index in [1.807, 2.05) is 31.3 Å². The third-order valence-corrected chi connectivity index (χ3v) is 7.57.